The maximum absolute atomic E-state index is 12.6. The van der Waals surface area contributed by atoms with Gasteiger partial charge in [0.15, 0.2) is 5.79 Å². The van der Waals surface area contributed by atoms with Crippen LogP contribution in [0.15, 0.2) is 0 Å². The van der Waals surface area contributed by atoms with Crippen LogP contribution in [0.5, 0.6) is 0 Å². The molecule has 0 radical (unpaired) electrons. The summed E-state index contributed by atoms with van der Waals surface area (Å²) < 4.78 is 33.8. The van der Waals surface area contributed by atoms with E-state index in [2.05, 4.69) is 21.3 Å². The molecule has 0 aliphatic rings. The van der Waals surface area contributed by atoms with Gasteiger partial charge in [0, 0.05) is 38.9 Å². The van der Waals surface area contributed by atoms with Gasteiger partial charge in [-0.1, -0.05) is 77.0 Å². The molecule has 0 aliphatic heterocycles. The number of hydrogen-bond donors (Lipinski definition) is 9. The van der Waals surface area contributed by atoms with Gasteiger partial charge in [-0.25, -0.2) is 4.79 Å². The van der Waals surface area contributed by atoms with Crippen LogP contribution in [0.1, 0.15) is 142 Å². The Kier molecular flexibility index (Phi) is 38.0. The maximum atomic E-state index is 12.6. The molecule has 0 aromatic heterocycles. The minimum atomic E-state index is -2.18. The standard InChI is InChI=1S/C42H78FN5O14/c1-42(57,58)35(48-43)18-16-17-23-44-38(51)32-61-30-29-60-27-25-46-39(52)33-62-31-28-59-26-24-45-36(49)22-21-34(41(55)56)47-37(50)19-14-12-10-8-6-4-2-3-5-7-9-11-13-15-20-40(53)54/h34-35,48,57-58H,2-33H2,1H3,(H,44,51)(H,45,49)(H,46,52)(H,47,50)(H,53,54)(H,55,56)/t34-,35-/m0/s1. The van der Waals surface area contributed by atoms with Gasteiger partial charge in [-0.2, -0.15) is 5.54 Å². The minimum absolute atomic E-state index is 0.0365. The van der Waals surface area contributed by atoms with Gasteiger partial charge in [-0.3, -0.25) is 24.0 Å². The summed E-state index contributed by atoms with van der Waals surface area (Å²) in [5.74, 6) is -5.46. The summed E-state index contributed by atoms with van der Waals surface area (Å²) in [7, 11) is 0. The van der Waals surface area contributed by atoms with Gasteiger partial charge in [-0.05, 0) is 45.4 Å². The second kappa shape index (κ2) is 40.3. The van der Waals surface area contributed by atoms with Gasteiger partial charge < -0.3 is 60.6 Å². The highest BCUT2D eigenvalue weighted by Gasteiger charge is 2.28. The fraction of sp³-hybridized carbons (Fsp3) is 0.857. The quantitative estimate of drug-likeness (QED) is 0.0242. The van der Waals surface area contributed by atoms with Crippen molar-refractivity contribution in [1.29, 1.82) is 0 Å². The highest BCUT2D eigenvalue weighted by Crippen LogP contribution is 2.15. The van der Waals surface area contributed by atoms with Crippen LogP contribution in [0.2, 0.25) is 0 Å². The molecule has 0 unspecified atom stereocenters. The first-order valence-corrected chi connectivity index (χ1v) is 22.4. The zero-order valence-corrected chi connectivity index (χ0v) is 37.0. The Morgan fingerprint density at radius 1 is 0.500 bits per heavy atom. The van der Waals surface area contributed by atoms with Crippen LogP contribution in [0.3, 0.4) is 0 Å². The smallest absolute Gasteiger partial charge is 0.326 e. The lowest BCUT2D eigenvalue weighted by Gasteiger charge is -2.25. The van der Waals surface area contributed by atoms with Crippen molar-refractivity contribution in [1.82, 2.24) is 26.8 Å². The number of amides is 4. The Bertz CT molecular complexity index is 1200. The number of carbonyl (C=O) groups excluding carboxylic acids is 4. The summed E-state index contributed by atoms with van der Waals surface area (Å²) in [6, 6.07) is -2.27. The summed E-state index contributed by atoms with van der Waals surface area (Å²) in [4.78, 5) is 70.4. The van der Waals surface area contributed by atoms with Crippen molar-refractivity contribution in [2.45, 2.75) is 160 Å². The molecule has 0 aliphatic carbocycles. The number of carbonyl (C=O) groups is 6. The molecule has 20 heteroatoms. The maximum Gasteiger partial charge on any atom is 0.326 e. The molecule has 62 heavy (non-hydrogen) atoms. The average molecular weight is 896 g/mol. The number of aliphatic carboxylic acids is 2. The molecule has 2 atom stereocenters. The average Bonchev–Trinajstić information content (AvgIpc) is 3.21. The predicted octanol–water partition coefficient (Wildman–Crippen LogP) is 2.79. The Hall–Kier alpha value is -3.53. The Labute approximate surface area is 366 Å². The fourth-order valence-electron chi connectivity index (χ4n) is 6.10. The minimum Gasteiger partial charge on any atom is -0.481 e. The Morgan fingerprint density at radius 2 is 0.935 bits per heavy atom. The summed E-state index contributed by atoms with van der Waals surface area (Å²) in [5.41, 5.74) is 1.36. The van der Waals surface area contributed by atoms with Crippen molar-refractivity contribution in [3.63, 3.8) is 0 Å². The molecule has 0 spiro atoms. The van der Waals surface area contributed by atoms with Gasteiger partial charge in [0.05, 0.1) is 45.7 Å². The van der Waals surface area contributed by atoms with Gasteiger partial charge >= 0.3 is 11.9 Å². The summed E-state index contributed by atoms with van der Waals surface area (Å²) in [5, 5.41) is 47.4. The van der Waals surface area contributed by atoms with Crippen LogP contribution in [-0.2, 0) is 47.7 Å². The summed E-state index contributed by atoms with van der Waals surface area (Å²) in [6.45, 7) is 2.64. The normalized spacial score (nSPS) is 12.4. The second-order valence-corrected chi connectivity index (χ2v) is 15.5. The molecule has 4 amide bonds. The lowest BCUT2D eigenvalue weighted by atomic mass is 10.0. The molecule has 9 N–H and O–H groups in total. The molecule has 0 fully saturated rings. The number of carboxylic acids is 2. The van der Waals surface area contributed by atoms with Crippen LogP contribution >= 0.6 is 0 Å². The van der Waals surface area contributed by atoms with Crippen molar-refractivity contribution in [2.75, 3.05) is 72.5 Å². The topological polar surface area (TPSA) is 280 Å². The van der Waals surface area contributed by atoms with E-state index in [-0.39, 0.29) is 122 Å². The van der Waals surface area contributed by atoms with E-state index >= 15 is 0 Å². The lowest BCUT2D eigenvalue weighted by molar-refractivity contribution is -0.179. The van der Waals surface area contributed by atoms with Crippen LogP contribution in [0.4, 0.5) is 4.48 Å². The third-order valence-corrected chi connectivity index (χ3v) is 9.72. The number of carboxylic acid groups (broad SMARTS) is 2. The van der Waals surface area contributed by atoms with Crippen LogP contribution in [-0.4, -0.2) is 146 Å². The van der Waals surface area contributed by atoms with E-state index in [0.29, 0.717) is 25.8 Å². The first-order chi connectivity index (χ1) is 29.8. The molecule has 362 valence electrons. The van der Waals surface area contributed by atoms with Gasteiger partial charge in [0.2, 0.25) is 23.6 Å². The van der Waals surface area contributed by atoms with Crippen molar-refractivity contribution >= 4 is 35.6 Å². The highest BCUT2D eigenvalue weighted by atomic mass is 19.2. The Balaban J connectivity index is 3.66. The summed E-state index contributed by atoms with van der Waals surface area (Å²) in [6.07, 6.45) is 16.5. The fourth-order valence-corrected chi connectivity index (χ4v) is 6.10. The molecular formula is C42H78FN5O14. The molecule has 0 aromatic carbocycles. The zero-order valence-electron chi connectivity index (χ0n) is 37.0. The first kappa shape index (κ1) is 58.5. The molecular weight excluding hydrogens is 817 g/mol. The van der Waals surface area contributed by atoms with E-state index in [1.165, 1.54) is 44.1 Å². The van der Waals surface area contributed by atoms with E-state index in [0.717, 1.165) is 51.9 Å². The lowest BCUT2D eigenvalue weighted by Crippen LogP contribution is -2.45. The molecule has 0 saturated heterocycles. The monoisotopic (exact) mass is 896 g/mol. The Morgan fingerprint density at radius 3 is 1.39 bits per heavy atom. The van der Waals surface area contributed by atoms with Crippen LogP contribution in [0, 0.1) is 0 Å². The van der Waals surface area contributed by atoms with Crippen molar-refractivity contribution in [2.24, 2.45) is 0 Å². The molecule has 0 aromatic rings. The molecule has 0 bridgehead atoms. The highest BCUT2D eigenvalue weighted by molar-refractivity contribution is 5.84. The van der Waals surface area contributed by atoms with Gasteiger partial charge in [-0.15, -0.1) is 4.48 Å². The number of halogens is 1. The van der Waals surface area contributed by atoms with E-state index in [1.54, 1.807) is 0 Å². The van der Waals surface area contributed by atoms with Gasteiger partial charge in [0.1, 0.15) is 19.3 Å². The summed E-state index contributed by atoms with van der Waals surface area (Å²) >= 11 is 0. The number of nitrogens with one attached hydrogen (secondary N) is 5. The van der Waals surface area contributed by atoms with Crippen molar-refractivity contribution in [3.05, 3.63) is 0 Å². The first-order valence-electron chi connectivity index (χ1n) is 22.4. The third kappa shape index (κ3) is 39.3. The third-order valence-electron chi connectivity index (χ3n) is 9.72. The largest absolute Gasteiger partial charge is 0.481 e. The predicted molar refractivity (Wildman–Crippen MR) is 227 cm³/mol. The number of rotatable bonds is 45. The van der Waals surface area contributed by atoms with E-state index < -0.39 is 29.8 Å². The zero-order chi connectivity index (χ0) is 46.1. The molecule has 19 nitrogen and oxygen atoms in total. The van der Waals surface area contributed by atoms with Crippen LogP contribution < -0.4 is 26.8 Å². The van der Waals surface area contributed by atoms with Crippen molar-refractivity contribution in [3.8, 4) is 0 Å². The van der Waals surface area contributed by atoms with Crippen molar-refractivity contribution < 1.29 is 72.6 Å². The number of hydrogen-bond acceptors (Lipinski definition) is 13. The number of unbranched alkanes of at least 4 members (excludes halogenated alkanes) is 14. The molecule has 0 heterocycles. The van der Waals surface area contributed by atoms with E-state index in [9.17, 15) is 48.6 Å². The second-order valence-electron chi connectivity index (χ2n) is 15.5. The van der Waals surface area contributed by atoms with Crippen LogP contribution in [0.25, 0.3) is 0 Å². The SMILES string of the molecule is CC(O)(O)[C@H](CCCCNC(=O)COCCOCCNC(=O)COCCOCCNC(=O)CC[C@H](NC(=O)CCCCCCCCCCCCCCCCC(=O)O)C(=O)O)NF. The van der Waals surface area contributed by atoms with E-state index in [1.807, 2.05) is 0 Å². The van der Waals surface area contributed by atoms with Gasteiger partial charge in [0.25, 0.3) is 0 Å². The molecule has 0 rings (SSSR count). The number of aliphatic hydroxyl groups is 2. The van der Waals surface area contributed by atoms with E-state index in [4.69, 9.17) is 24.1 Å². The molecule has 0 saturated carbocycles. The number of ether oxygens (including phenoxy) is 4.